The highest BCUT2D eigenvalue weighted by Gasteiger charge is 2.03. The van der Waals surface area contributed by atoms with Gasteiger partial charge in [0.25, 0.3) is 0 Å². The van der Waals surface area contributed by atoms with Crippen molar-refractivity contribution in [3.63, 3.8) is 0 Å². The third-order valence-corrected chi connectivity index (χ3v) is 3.09. The average molecular weight is 261 g/mol. The summed E-state index contributed by atoms with van der Waals surface area (Å²) in [4.78, 5) is 0. The molecule has 1 nitrogen and oxygen atoms in total. The lowest BCUT2D eigenvalue weighted by atomic mass is 10.1. The smallest absolute Gasteiger partial charge is 0.123 e. The summed E-state index contributed by atoms with van der Waals surface area (Å²) < 4.78 is 12.7. The second kappa shape index (κ2) is 6.57. The van der Waals surface area contributed by atoms with Crippen molar-refractivity contribution in [2.45, 2.75) is 18.3 Å². The van der Waals surface area contributed by atoms with Crippen LogP contribution >= 0.6 is 12.6 Å². The van der Waals surface area contributed by atoms with E-state index in [0.717, 1.165) is 12.0 Å². The fraction of sp³-hybridized carbons (Fsp3) is 0.200. The van der Waals surface area contributed by atoms with E-state index >= 15 is 0 Å². The standard InChI is InChI=1S/C15H16FNS/c16-14-8-6-13(7-9-14)11-17-15(18)10-12-4-2-1-3-5-12/h1-9,15,17-18H,10-11H2. The quantitative estimate of drug-likeness (QED) is 0.621. The summed E-state index contributed by atoms with van der Waals surface area (Å²) in [6.07, 6.45) is 0.866. The zero-order valence-electron chi connectivity index (χ0n) is 10.0. The zero-order chi connectivity index (χ0) is 12.8. The molecule has 3 heteroatoms. The van der Waals surface area contributed by atoms with Crippen molar-refractivity contribution in [3.8, 4) is 0 Å². The lowest BCUT2D eigenvalue weighted by Gasteiger charge is -2.13. The lowest BCUT2D eigenvalue weighted by Crippen LogP contribution is -2.25. The van der Waals surface area contributed by atoms with Crippen molar-refractivity contribution in [1.29, 1.82) is 0 Å². The van der Waals surface area contributed by atoms with Gasteiger partial charge in [0.05, 0.1) is 5.37 Å². The van der Waals surface area contributed by atoms with Crippen LogP contribution in [0.3, 0.4) is 0 Å². The maximum absolute atomic E-state index is 12.7. The number of thiol groups is 1. The van der Waals surface area contributed by atoms with E-state index in [1.807, 2.05) is 18.2 Å². The molecule has 0 bridgehead atoms. The Bertz CT molecular complexity index is 470. The van der Waals surface area contributed by atoms with Gasteiger partial charge in [0.2, 0.25) is 0 Å². The van der Waals surface area contributed by atoms with Crippen LogP contribution in [0.1, 0.15) is 11.1 Å². The summed E-state index contributed by atoms with van der Waals surface area (Å²) >= 11 is 4.51. The molecular weight excluding hydrogens is 245 g/mol. The van der Waals surface area contributed by atoms with Crippen LogP contribution in [0.25, 0.3) is 0 Å². The minimum atomic E-state index is -0.203. The molecule has 0 aliphatic carbocycles. The van der Waals surface area contributed by atoms with E-state index in [1.165, 1.54) is 17.7 Å². The van der Waals surface area contributed by atoms with Gasteiger partial charge in [-0.15, -0.1) is 0 Å². The summed E-state index contributed by atoms with van der Waals surface area (Å²) in [6, 6.07) is 16.7. The fourth-order valence-electron chi connectivity index (χ4n) is 1.75. The molecule has 0 saturated carbocycles. The average Bonchev–Trinajstić information content (AvgIpc) is 2.39. The van der Waals surface area contributed by atoms with E-state index in [1.54, 1.807) is 12.1 Å². The van der Waals surface area contributed by atoms with E-state index in [2.05, 4.69) is 30.1 Å². The van der Waals surface area contributed by atoms with Crippen molar-refractivity contribution in [3.05, 3.63) is 71.5 Å². The van der Waals surface area contributed by atoms with Crippen LogP contribution in [0.5, 0.6) is 0 Å². The Morgan fingerprint density at radius 1 is 0.944 bits per heavy atom. The molecule has 0 aliphatic rings. The topological polar surface area (TPSA) is 12.0 Å². The molecule has 0 aliphatic heterocycles. The van der Waals surface area contributed by atoms with Gasteiger partial charge in [-0.3, -0.25) is 0 Å². The highest BCUT2D eigenvalue weighted by molar-refractivity contribution is 7.80. The van der Waals surface area contributed by atoms with E-state index in [0.29, 0.717) is 6.54 Å². The highest BCUT2D eigenvalue weighted by Crippen LogP contribution is 2.07. The van der Waals surface area contributed by atoms with Crippen LogP contribution in [0.2, 0.25) is 0 Å². The fourth-order valence-corrected chi connectivity index (χ4v) is 2.05. The normalized spacial score (nSPS) is 12.3. The first-order valence-electron chi connectivity index (χ1n) is 5.94. The molecule has 1 unspecified atom stereocenters. The van der Waals surface area contributed by atoms with Gasteiger partial charge < -0.3 is 5.32 Å². The molecule has 0 aromatic heterocycles. The summed E-state index contributed by atoms with van der Waals surface area (Å²) in [5.74, 6) is -0.203. The molecular formula is C15H16FNS. The van der Waals surface area contributed by atoms with Gasteiger partial charge in [0.15, 0.2) is 0 Å². The van der Waals surface area contributed by atoms with Crippen molar-refractivity contribution in [2.75, 3.05) is 0 Å². The summed E-state index contributed by atoms with van der Waals surface area (Å²) in [7, 11) is 0. The second-order valence-electron chi connectivity index (χ2n) is 4.21. The van der Waals surface area contributed by atoms with Gasteiger partial charge >= 0.3 is 0 Å². The molecule has 94 valence electrons. The highest BCUT2D eigenvalue weighted by atomic mass is 32.1. The van der Waals surface area contributed by atoms with Gasteiger partial charge in [0.1, 0.15) is 5.82 Å². The third kappa shape index (κ3) is 4.17. The monoisotopic (exact) mass is 261 g/mol. The number of nitrogens with one attached hydrogen (secondary N) is 1. The first-order valence-corrected chi connectivity index (χ1v) is 6.45. The van der Waals surface area contributed by atoms with Crippen molar-refractivity contribution in [2.24, 2.45) is 0 Å². The molecule has 2 aromatic carbocycles. The Balaban J connectivity index is 1.81. The van der Waals surface area contributed by atoms with Gasteiger partial charge in [0, 0.05) is 6.54 Å². The first-order chi connectivity index (χ1) is 8.74. The number of rotatable bonds is 5. The van der Waals surface area contributed by atoms with Crippen LogP contribution in [-0.4, -0.2) is 5.37 Å². The molecule has 0 radical (unpaired) electrons. The van der Waals surface area contributed by atoms with Crippen LogP contribution in [-0.2, 0) is 13.0 Å². The van der Waals surface area contributed by atoms with Crippen LogP contribution in [0.4, 0.5) is 4.39 Å². The van der Waals surface area contributed by atoms with Crippen molar-refractivity contribution in [1.82, 2.24) is 5.32 Å². The van der Waals surface area contributed by atoms with E-state index in [4.69, 9.17) is 0 Å². The van der Waals surface area contributed by atoms with Crippen molar-refractivity contribution < 1.29 is 4.39 Å². The molecule has 0 amide bonds. The molecule has 0 saturated heterocycles. The molecule has 2 aromatic rings. The van der Waals surface area contributed by atoms with Crippen LogP contribution < -0.4 is 5.32 Å². The molecule has 0 fully saturated rings. The van der Waals surface area contributed by atoms with Gasteiger partial charge in [-0.25, -0.2) is 4.39 Å². The predicted octanol–water partition coefficient (Wildman–Crippen LogP) is 3.41. The summed E-state index contributed by atoms with van der Waals surface area (Å²) in [5.41, 5.74) is 2.31. The Labute approximate surface area is 112 Å². The minimum absolute atomic E-state index is 0.0949. The molecule has 2 rings (SSSR count). The molecule has 18 heavy (non-hydrogen) atoms. The van der Waals surface area contributed by atoms with Crippen LogP contribution in [0.15, 0.2) is 54.6 Å². The third-order valence-electron chi connectivity index (χ3n) is 2.73. The van der Waals surface area contributed by atoms with E-state index in [9.17, 15) is 4.39 Å². The van der Waals surface area contributed by atoms with Crippen molar-refractivity contribution >= 4 is 12.6 Å². The number of hydrogen-bond acceptors (Lipinski definition) is 2. The second-order valence-corrected chi connectivity index (χ2v) is 4.84. The van der Waals surface area contributed by atoms with Gasteiger partial charge in [-0.1, -0.05) is 42.5 Å². The molecule has 0 spiro atoms. The van der Waals surface area contributed by atoms with E-state index in [-0.39, 0.29) is 11.2 Å². The summed E-state index contributed by atoms with van der Waals surface area (Å²) in [6.45, 7) is 0.696. The molecule has 1 atom stereocenters. The first kappa shape index (κ1) is 13.1. The SMILES string of the molecule is Fc1ccc(CNC(S)Cc2ccccc2)cc1. The Kier molecular flexibility index (Phi) is 4.79. The maximum Gasteiger partial charge on any atom is 0.123 e. The Hall–Kier alpha value is -1.32. The number of halogens is 1. The van der Waals surface area contributed by atoms with Crippen LogP contribution in [0, 0.1) is 5.82 Å². The minimum Gasteiger partial charge on any atom is -0.301 e. The maximum atomic E-state index is 12.7. The number of hydrogen-bond donors (Lipinski definition) is 2. The molecule has 0 heterocycles. The van der Waals surface area contributed by atoms with Gasteiger partial charge in [-0.05, 0) is 29.7 Å². The Morgan fingerprint density at radius 2 is 1.61 bits per heavy atom. The lowest BCUT2D eigenvalue weighted by molar-refractivity contribution is 0.622. The number of benzene rings is 2. The van der Waals surface area contributed by atoms with Gasteiger partial charge in [-0.2, -0.15) is 12.6 Å². The predicted molar refractivity (Wildman–Crippen MR) is 76.2 cm³/mol. The zero-order valence-corrected chi connectivity index (χ0v) is 10.9. The summed E-state index contributed by atoms with van der Waals surface area (Å²) in [5, 5.41) is 3.40. The largest absolute Gasteiger partial charge is 0.301 e. The molecule has 1 N–H and O–H groups in total. The Morgan fingerprint density at radius 3 is 2.28 bits per heavy atom. The van der Waals surface area contributed by atoms with E-state index < -0.39 is 0 Å².